The second-order valence-electron chi connectivity index (χ2n) is 6.98. The van der Waals surface area contributed by atoms with Gasteiger partial charge in [-0.25, -0.2) is 0 Å². The molecule has 0 bridgehead atoms. The van der Waals surface area contributed by atoms with Crippen LogP contribution in [0.2, 0.25) is 0 Å². The Morgan fingerprint density at radius 3 is 2.50 bits per heavy atom. The molecule has 1 N–H and O–H groups in total. The normalized spacial score (nSPS) is 16.4. The molecule has 3 aromatic rings. The van der Waals surface area contributed by atoms with Gasteiger partial charge in [-0.2, -0.15) is 5.10 Å². The minimum absolute atomic E-state index is 0.00526. The minimum atomic E-state index is -0.313. The molecule has 1 fully saturated rings. The highest BCUT2D eigenvalue weighted by atomic mass is 16.2. The Labute approximate surface area is 163 Å². The molecule has 142 valence electrons. The second kappa shape index (κ2) is 8.08. The van der Waals surface area contributed by atoms with Crippen LogP contribution in [0.15, 0.2) is 73.1 Å². The van der Waals surface area contributed by atoms with Crippen molar-refractivity contribution in [3.63, 3.8) is 0 Å². The van der Waals surface area contributed by atoms with Gasteiger partial charge in [0.15, 0.2) is 0 Å². The first-order chi connectivity index (χ1) is 13.7. The molecule has 0 spiro atoms. The van der Waals surface area contributed by atoms with Gasteiger partial charge in [-0.05, 0) is 29.3 Å². The molecule has 1 aliphatic rings. The summed E-state index contributed by atoms with van der Waals surface area (Å²) in [7, 11) is 0. The summed E-state index contributed by atoms with van der Waals surface area (Å²) >= 11 is 0. The Hall–Kier alpha value is -3.41. The van der Waals surface area contributed by atoms with Crippen LogP contribution in [0.3, 0.4) is 0 Å². The molecule has 28 heavy (non-hydrogen) atoms. The van der Waals surface area contributed by atoms with E-state index in [2.05, 4.69) is 10.4 Å². The van der Waals surface area contributed by atoms with Crippen LogP contribution in [0.5, 0.6) is 0 Å². The summed E-state index contributed by atoms with van der Waals surface area (Å²) in [5.41, 5.74) is 3.02. The second-order valence-corrected chi connectivity index (χ2v) is 6.98. The predicted octanol–water partition coefficient (Wildman–Crippen LogP) is 2.60. The van der Waals surface area contributed by atoms with Crippen molar-refractivity contribution in [2.24, 2.45) is 5.92 Å². The van der Waals surface area contributed by atoms with Crippen LogP contribution < -0.4 is 10.2 Å². The molecule has 6 heteroatoms. The first-order valence-electron chi connectivity index (χ1n) is 9.37. The Kier molecular flexibility index (Phi) is 5.19. The largest absolute Gasteiger partial charge is 0.352 e. The van der Waals surface area contributed by atoms with Crippen LogP contribution in [0.1, 0.15) is 17.5 Å². The molecule has 1 saturated heterocycles. The average molecular weight is 374 g/mol. The monoisotopic (exact) mass is 374 g/mol. The summed E-state index contributed by atoms with van der Waals surface area (Å²) in [5, 5.41) is 7.16. The maximum absolute atomic E-state index is 12.5. The van der Waals surface area contributed by atoms with Gasteiger partial charge >= 0.3 is 0 Å². The zero-order chi connectivity index (χ0) is 19.3. The van der Waals surface area contributed by atoms with E-state index in [1.807, 2.05) is 71.5 Å². The number of carbonyl (C=O) groups excluding carboxylic acids is 2. The van der Waals surface area contributed by atoms with Crippen molar-refractivity contribution < 1.29 is 9.59 Å². The number of hydrogen-bond donors (Lipinski definition) is 1. The summed E-state index contributed by atoms with van der Waals surface area (Å²) in [5.74, 6) is -0.395. The number of benzene rings is 2. The van der Waals surface area contributed by atoms with Crippen molar-refractivity contribution in [1.29, 1.82) is 0 Å². The number of rotatable bonds is 6. The third kappa shape index (κ3) is 4.11. The molecular formula is C22H22N4O2. The maximum atomic E-state index is 12.5. The number of anilines is 1. The van der Waals surface area contributed by atoms with Crippen LogP contribution in [-0.2, 0) is 22.7 Å². The third-order valence-corrected chi connectivity index (χ3v) is 4.96. The quantitative estimate of drug-likeness (QED) is 0.721. The lowest BCUT2D eigenvalue weighted by molar-refractivity contribution is -0.126. The summed E-state index contributed by atoms with van der Waals surface area (Å²) in [6.07, 6.45) is 3.94. The molecule has 2 amide bonds. The number of para-hydroxylation sites is 1. The molecule has 2 heterocycles. The Bertz CT molecular complexity index is 936. The molecule has 1 atom stereocenters. The lowest BCUT2D eigenvalue weighted by Crippen LogP contribution is -2.32. The van der Waals surface area contributed by atoms with Gasteiger partial charge in [0.2, 0.25) is 11.8 Å². The molecule has 1 aromatic heterocycles. The third-order valence-electron chi connectivity index (χ3n) is 4.96. The molecule has 4 rings (SSSR count). The highest BCUT2D eigenvalue weighted by molar-refractivity contribution is 6.00. The highest BCUT2D eigenvalue weighted by Crippen LogP contribution is 2.24. The van der Waals surface area contributed by atoms with Gasteiger partial charge in [0, 0.05) is 37.6 Å². The van der Waals surface area contributed by atoms with Gasteiger partial charge < -0.3 is 10.2 Å². The maximum Gasteiger partial charge on any atom is 0.227 e. The van der Waals surface area contributed by atoms with Crippen molar-refractivity contribution in [3.8, 4) is 0 Å². The van der Waals surface area contributed by atoms with Gasteiger partial charge in [0.05, 0.1) is 12.5 Å². The standard InChI is InChI=1S/C22H22N4O2/c27-21-13-19(16-26(21)20-5-2-1-3-6-20)22(28)23-14-17-7-9-18(10-8-17)15-25-12-4-11-24-25/h1-12,19H,13-16H2,(H,23,28). The summed E-state index contributed by atoms with van der Waals surface area (Å²) < 4.78 is 1.87. The van der Waals surface area contributed by atoms with Gasteiger partial charge in [-0.1, -0.05) is 42.5 Å². The van der Waals surface area contributed by atoms with Gasteiger partial charge in [0.25, 0.3) is 0 Å². The zero-order valence-corrected chi connectivity index (χ0v) is 15.5. The van der Waals surface area contributed by atoms with Crippen molar-refractivity contribution in [2.75, 3.05) is 11.4 Å². The van der Waals surface area contributed by atoms with E-state index in [1.54, 1.807) is 11.1 Å². The highest BCUT2D eigenvalue weighted by Gasteiger charge is 2.34. The fourth-order valence-electron chi connectivity index (χ4n) is 3.42. The smallest absolute Gasteiger partial charge is 0.227 e. The van der Waals surface area contributed by atoms with Gasteiger partial charge in [0.1, 0.15) is 0 Å². The minimum Gasteiger partial charge on any atom is -0.352 e. The van der Waals surface area contributed by atoms with Crippen molar-refractivity contribution in [3.05, 3.63) is 84.2 Å². The molecular weight excluding hydrogens is 352 g/mol. The predicted molar refractivity (Wildman–Crippen MR) is 107 cm³/mol. The number of aromatic nitrogens is 2. The van der Waals surface area contributed by atoms with Crippen molar-refractivity contribution >= 4 is 17.5 Å². The summed E-state index contributed by atoms with van der Waals surface area (Å²) in [6.45, 7) is 1.60. The van der Waals surface area contributed by atoms with Crippen LogP contribution >= 0.6 is 0 Å². The van der Waals surface area contributed by atoms with Crippen molar-refractivity contribution in [2.45, 2.75) is 19.5 Å². The van der Waals surface area contributed by atoms with E-state index in [-0.39, 0.29) is 24.2 Å². The van der Waals surface area contributed by atoms with E-state index < -0.39 is 0 Å². The Morgan fingerprint density at radius 2 is 1.79 bits per heavy atom. The summed E-state index contributed by atoms with van der Waals surface area (Å²) in [6, 6.07) is 19.5. The van der Waals surface area contributed by atoms with Gasteiger partial charge in [-0.3, -0.25) is 14.3 Å². The first-order valence-corrected chi connectivity index (χ1v) is 9.37. The summed E-state index contributed by atoms with van der Waals surface area (Å²) in [4.78, 5) is 26.5. The Balaban J connectivity index is 1.30. The van der Waals surface area contributed by atoms with E-state index >= 15 is 0 Å². The number of nitrogens with one attached hydrogen (secondary N) is 1. The topological polar surface area (TPSA) is 67.2 Å². The number of nitrogens with zero attached hydrogens (tertiary/aromatic N) is 3. The van der Waals surface area contributed by atoms with Crippen LogP contribution in [0.4, 0.5) is 5.69 Å². The number of carbonyl (C=O) groups is 2. The van der Waals surface area contributed by atoms with Crippen LogP contribution in [-0.4, -0.2) is 28.1 Å². The average Bonchev–Trinajstić information content (AvgIpc) is 3.37. The van der Waals surface area contributed by atoms with E-state index in [0.29, 0.717) is 13.1 Å². The zero-order valence-electron chi connectivity index (χ0n) is 15.5. The molecule has 1 unspecified atom stereocenters. The fraction of sp³-hybridized carbons (Fsp3) is 0.227. The number of hydrogen-bond acceptors (Lipinski definition) is 3. The molecule has 0 radical (unpaired) electrons. The van der Waals surface area contributed by atoms with E-state index in [1.165, 1.54) is 0 Å². The van der Waals surface area contributed by atoms with E-state index in [9.17, 15) is 9.59 Å². The van der Waals surface area contributed by atoms with Crippen molar-refractivity contribution in [1.82, 2.24) is 15.1 Å². The first kappa shape index (κ1) is 18.0. The molecule has 1 aliphatic heterocycles. The molecule has 6 nitrogen and oxygen atoms in total. The molecule has 0 aliphatic carbocycles. The Morgan fingerprint density at radius 1 is 1.04 bits per heavy atom. The van der Waals surface area contributed by atoms with Gasteiger partial charge in [-0.15, -0.1) is 0 Å². The molecule has 0 saturated carbocycles. The molecule has 2 aromatic carbocycles. The fourth-order valence-corrected chi connectivity index (χ4v) is 3.42. The SMILES string of the molecule is O=C(NCc1ccc(Cn2cccn2)cc1)C1CC(=O)N(c2ccccc2)C1. The van der Waals surface area contributed by atoms with E-state index in [4.69, 9.17) is 0 Å². The van der Waals surface area contributed by atoms with Crippen LogP contribution in [0, 0.1) is 5.92 Å². The number of amides is 2. The van der Waals surface area contributed by atoms with Crippen LogP contribution in [0.25, 0.3) is 0 Å². The lowest BCUT2D eigenvalue weighted by Gasteiger charge is -2.16. The van der Waals surface area contributed by atoms with E-state index in [0.717, 1.165) is 23.4 Å². The lowest BCUT2D eigenvalue weighted by atomic mass is 10.1.